The number of benzene rings is 1. The molecule has 0 bridgehead atoms. The molecule has 1 aromatic carbocycles. The van der Waals surface area contributed by atoms with Crippen molar-refractivity contribution in [1.29, 1.82) is 0 Å². The number of nitrogens with one attached hydrogen (secondary N) is 1. The predicted molar refractivity (Wildman–Crippen MR) is 66.0 cm³/mol. The van der Waals surface area contributed by atoms with Gasteiger partial charge in [-0.05, 0) is 31.0 Å². The van der Waals surface area contributed by atoms with E-state index >= 15 is 0 Å². The maximum Gasteiger partial charge on any atom is 0.258 e. The lowest BCUT2D eigenvalue weighted by molar-refractivity contribution is -0.123. The number of amides is 1. The number of rotatable bonds is 6. The number of ether oxygens (including phenoxy) is 1. The fourth-order valence-electron chi connectivity index (χ4n) is 1.32. The summed E-state index contributed by atoms with van der Waals surface area (Å²) in [5.41, 5.74) is 1.17. The van der Waals surface area contributed by atoms with Crippen LogP contribution < -0.4 is 10.1 Å². The standard InChI is InChI=1S/C13H19NO3/c1-3-11-5-4-6-12(7-11)17-9-13(16)14-8-10(2)15/h4-7,10,15H,3,8-9H2,1-2H3,(H,14,16). The van der Waals surface area contributed by atoms with E-state index in [4.69, 9.17) is 9.84 Å². The van der Waals surface area contributed by atoms with Crippen LogP contribution >= 0.6 is 0 Å². The van der Waals surface area contributed by atoms with E-state index in [2.05, 4.69) is 12.2 Å². The Bertz CT molecular complexity index is 363. The normalized spacial score (nSPS) is 11.9. The van der Waals surface area contributed by atoms with Crippen molar-refractivity contribution in [2.24, 2.45) is 0 Å². The van der Waals surface area contributed by atoms with Gasteiger partial charge in [-0.3, -0.25) is 4.79 Å². The molecular weight excluding hydrogens is 218 g/mol. The number of hydrogen-bond donors (Lipinski definition) is 2. The summed E-state index contributed by atoms with van der Waals surface area (Å²) < 4.78 is 5.35. The van der Waals surface area contributed by atoms with Crippen LogP contribution in [-0.2, 0) is 11.2 Å². The largest absolute Gasteiger partial charge is 0.484 e. The molecule has 0 aromatic heterocycles. The smallest absolute Gasteiger partial charge is 0.258 e. The number of carbonyl (C=O) groups is 1. The summed E-state index contributed by atoms with van der Waals surface area (Å²) in [5.74, 6) is 0.462. The Kier molecular flexibility index (Phi) is 5.49. The molecule has 1 unspecified atom stereocenters. The minimum Gasteiger partial charge on any atom is -0.484 e. The maximum atomic E-state index is 11.3. The maximum absolute atomic E-state index is 11.3. The second-order valence-corrected chi connectivity index (χ2v) is 3.94. The first-order valence-corrected chi connectivity index (χ1v) is 5.78. The highest BCUT2D eigenvalue weighted by atomic mass is 16.5. The molecule has 0 spiro atoms. The monoisotopic (exact) mass is 237 g/mol. The Morgan fingerprint density at radius 3 is 2.94 bits per heavy atom. The molecule has 1 amide bonds. The average molecular weight is 237 g/mol. The van der Waals surface area contributed by atoms with Gasteiger partial charge < -0.3 is 15.2 Å². The predicted octanol–water partition coefficient (Wildman–Crippen LogP) is 1.12. The fraction of sp³-hybridized carbons (Fsp3) is 0.462. The number of aryl methyl sites for hydroxylation is 1. The molecule has 1 atom stereocenters. The van der Waals surface area contributed by atoms with Gasteiger partial charge in [-0.15, -0.1) is 0 Å². The number of aliphatic hydroxyl groups excluding tert-OH is 1. The number of aliphatic hydroxyl groups is 1. The third kappa shape index (κ3) is 5.36. The first-order valence-electron chi connectivity index (χ1n) is 5.78. The molecule has 0 saturated heterocycles. The van der Waals surface area contributed by atoms with Gasteiger partial charge in [0.25, 0.3) is 5.91 Å². The highest BCUT2D eigenvalue weighted by Gasteiger charge is 2.04. The van der Waals surface area contributed by atoms with E-state index in [0.717, 1.165) is 6.42 Å². The molecular formula is C13H19NO3. The molecule has 0 saturated carbocycles. The van der Waals surface area contributed by atoms with Crippen LogP contribution in [0.5, 0.6) is 5.75 Å². The summed E-state index contributed by atoms with van der Waals surface area (Å²) in [6, 6.07) is 7.66. The van der Waals surface area contributed by atoms with Crippen molar-refractivity contribution in [2.75, 3.05) is 13.2 Å². The molecule has 0 aliphatic rings. The van der Waals surface area contributed by atoms with Gasteiger partial charge in [0.15, 0.2) is 6.61 Å². The van der Waals surface area contributed by atoms with Gasteiger partial charge in [-0.2, -0.15) is 0 Å². The van der Waals surface area contributed by atoms with Crippen LogP contribution in [0.1, 0.15) is 19.4 Å². The minimum atomic E-state index is -0.539. The van der Waals surface area contributed by atoms with Gasteiger partial charge in [-0.1, -0.05) is 19.1 Å². The Balaban J connectivity index is 2.36. The van der Waals surface area contributed by atoms with Crippen molar-refractivity contribution in [1.82, 2.24) is 5.32 Å². The van der Waals surface area contributed by atoms with Crippen LogP contribution in [0.25, 0.3) is 0 Å². The first kappa shape index (κ1) is 13.5. The minimum absolute atomic E-state index is 0.0279. The van der Waals surface area contributed by atoms with Crippen LogP contribution in [-0.4, -0.2) is 30.3 Å². The molecule has 0 fully saturated rings. The lowest BCUT2D eigenvalue weighted by atomic mass is 10.2. The average Bonchev–Trinajstić information content (AvgIpc) is 2.34. The third-order valence-corrected chi connectivity index (χ3v) is 2.27. The zero-order chi connectivity index (χ0) is 12.7. The van der Waals surface area contributed by atoms with E-state index in [1.54, 1.807) is 6.92 Å². The molecule has 0 heterocycles. The number of hydrogen-bond acceptors (Lipinski definition) is 3. The summed E-state index contributed by atoms with van der Waals surface area (Å²) >= 11 is 0. The Hall–Kier alpha value is -1.55. The van der Waals surface area contributed by atoms with E-state index in [1.165, 1.54) is 5.56 Å². The van der Waals surface area contributed by atoms with Gasteiger partial charge in [0.2, 0.25) is 0 Å². The topological polar surface area (TPSA) is 58.6 Å². The summed E-state index contributed by atoms with van der Waals surface area (Å²) in [4.78, 5) is 11.3. The van der Waals surface area contributed by atoms with Crippen molar-refractivity contribution < 1.29 is 14.6 Å². The van der Waals surface area contributed by atoms with Gasteiger partial charge in [0.05, 0.1) is 6.10 Å². The van der Waals surface area contributed by atoms with Crippen molar-refractivity contribution in [3.05, 3.63) is 29.8 Å². The zero-order valence-corrected chi connectivity index (χ0v) is 10.3. The second kappa shape index (κ2) is 6.91. The SMILES string of the molecule is CCc1cccc(OCC(=O)NCC(C)O)c1. The summed E-state index contributed by atoms with van der Waals surface area (Å²) in [6.45, 7) is 3.90. The molecule has 4 heteroatoms. The van der Waals surface area contributed by atoms with Crippen molar-refractivity contribution in [2.45, 2.75) is 26.4 Å². The third-order valence-electron chi connectivity index (χ3n) is 2.27. The highest BCUT2D eigenvalue weighted by Crippen LogP contribution is 2.13. The molecule has 0 aliphatic heterocycles. The Morgan fingerprint density at radius 2 is 2.29 bits per heavy atom. The van der Waals surface area contributed by atoms with Gasteiger partial charge in [0, 0.05) is 6.54 Å². The van der Waals surface area contributed by atoms with Crippen LogP contribution in [0.2, 0.25) is 0 Å². The quantitative estimate of drug-likeness (QED) is 0.779. The van der Waals surface area contributed by atoms with E-state index in [9.17, 15) is 4.79 Å². The van der Waals surface area contributed by atoms with Gasteiger partial charge in [0.1, 0.15) is 5.75 Å². The second-order valence-electron chi connectivity index (χ2n) is 3.94. The summed E-state index contributed by atoms with van der Waals surface area (Å²) in [6.07, 6.45) is 0.396. The molecule has 1 rings (SSSR count). The Labute approximate surface area is 102 Å². The van der Waals surface area contributed by atoms with Gasteiger partial charge in [-0.25, -0.2) is 0 Å². The molecule has 4 nitrogen and oxygen atoms in total. The van der Waals surface area contributed by atoms with Crippen LogP contribution in [0.4, 0.5) is 0 Å². The zero-order valence-electron chi connectivity index (χ0n) is 10.3. The van der Waals surface area contributed by atoms with Crippen molar-refractivity contribution in [3.8, 4) is 5.75 Å². The van der Waals surface area contributed by atoms with Gasteiger partial charge >= 0.3 is 0 Å². The van der Waals surface area contributed by atoms with E-state index < -0.39 is 6.10 Å². The lowest BCUT2D eigenvalue weighted by Gasteiger charge is -2.09. The Morgan fingerprint density at radius 1 is 1.53 bits per heavy atom. The lowest BCUT2D eigenvalue weighted by Crippen LogP contribution is -2.34. The van der Waals surface area contributed by atoms with E-state index in [-0.39, 0.29) is 19.1 Å². The first-order chi connectivity index (χ1) is 8.11. The van der Waals surface area contributed by atoms with Crippen LogP contribution in [0, 0.1) is 0 Å². The van der Waals surface area contributed by atoms with Crippen molar-refractivity contribution >= 4 is 5.91 Å². The van der Waals surface area contributed by atoms with Crippen LogP contribution in [0.3, 0.4) is 0 Å². The number of carbonyl (C=O) groups excluding carboxylic acids is 1. The van der Waals surface area contributed by atoms with E-state index in [0.29, 0.717) is 5.75 Å². The fourth-order valence-corrected chi connectivity index (χ4v) is 1.32. The summed E-state index contributed by atoms with van der Waals surface area (Å²) in [7, 11) is 0. The molecule has 0 aliphatic carbocycles. The molecule has 2 N–H and O–H groups in total. The molecule has 17 heavy (non-hydrogen) atoms. The van der Waals surface area contributed by atoms with Crippen molar-refractivity contribution in [3.63, 3.8) is 0 Å². The molecule has 0 radical (unpaired) electrons. The molecule has 94 valence electrons. The van der Waals surface area contributed by atoms with Crippen LogP contribution in [0.15, 0.2) is 24.3 Å². The molecule has 1 aromatic rings. The van der Waals surface area contributed by atoms with E-state index in [1.807, 2.05) is 24.3 Å². The highest BCUT2D eigenvalue weighted by molar-refractivity contribution is 5.77. The summed E-state index contributed by atoms with van der Waals surface area (Å²) in [5, 5.41) is 11.6.